The van der Waals surface area contributed by atoms with Gasteiger partial charge in [0.2, 0.25) is 7.59 Å². The minimum atomic E-state index is -2.07. The van der Waals surface area contributed by atoms with Crippen molar-refractivity contribution in [3.8, 4) is 11.4 Å². The Morgan fingerprint density at radius 3 is 1.74 bits per heavy atom. The van der Waals surface area contributed by atoms with Crippen molar-refractivity contribution in [3.63, 3.8) is 0 Å². The maximum atomic E-state index is 12.2. The maximum Gasteiger partial charge on any atom is 0.325 e. The molecule has 1 heterocycles. The largest absolute Gasteiger partial charge is 0.459 e. The Hall–Kier alpha value is -1.91. The van der Waals surface area contributed by atoms with Gasteiger partial charge in [-0.05, 0) is 34.1 Å². The Balaban J connectivity index is 2.46. The highest BCUT2D eigenvalue weighted by Gasteiger charge is 2.34. The number of hydrogen-bond donors (Lipinski definition) is 0. The number of aromatic nitrogens is 3. The molecular formula is C21H13BrCl6N4O6. The fourth-order valence-electron chi connectivity index (χ4n) is 2.61. The van der Waals surface area contributed by atoms with Crippen LogP contribution in [0.3, 0.4) is 0 Å². The van der Waals surface area contributed by atoms with Crippen molar-refractivity contribution >= 4 is 115 Å². The standard InChI is InChI=1S/C21H13BrCl6N4O6/c22-14-9-12(32(10-15(35)37-7-1-5-33)11-16(36)38-8-2-6-34)3-4-13(14)17-29-18(20(23,24)25)31-19(30-17)21(26,27)28/h1-4,9H,7-8,10-11H2. The van der Waals surface area contributed by atoms with E-state index >= 15 is 0 Å². The summed E-state index contributed by atoms with van der Waals surface area (Å²) < 4.78 is 6.05. The maximum absolute atomic E-state index is 12.2. The normalized spacial score (nSPS) is 11.1. The number of anilines is 1. The summed E-state index contributed by atoms with van der Waals surface area (Å²) in [6.07, 6.45) is 1.94. The van der Waals surface area contributed by atoms with Gasteiger partial charge in [0.15, 0.2) is 17.5 Å². The summed E-state index contributed by atoms with van der Waals surface area (Å²) in [4.78, 5) is 58.6. The third-order valence-electron chi connectivity index (χ3n) is 4.16. The summed E-state index contributed by atoms with van der Waals surface area (Å²) in [6.45, 7) is -1.41. The Morgan fingerprint density at radius 2 is 1.34 bits per heavy atom. The molecule has 0 aliphatic rings. The first-order valence-corrected chi connectivity index (χ1v) is 13.0. The highest BCUT2D eigenvalue weighted by atomic mass is 79.9. The summed E-state index contributed by atoms with van der Waals surface area (Å²) >= 11 is 39.0. The molecule has 2 aromatic rings. The van der Waals surface area contributed by atoms with E-state index in [1.54, 1.807) is 0 Å². The minimum absolute atomic E-state index is 0.0206. The van der Waals surface area contributed by atoms with Crippen LogP contribution in [0.15, 0.2) is 34.8 Å². The molecule has 1 aromatic heterocycles. The van der Waals surface area contributed by atoms with E-state index < -0.39 is 32.6 Å². The molecule has 0 spiro atoms. The van der Waals surface area contributed by atoms with E-state index in [2.05, 4.69) is 30.9 Å². The van der Waals surface area contributed by atoms with Crippen LogP contribution in [0, 0.1) is 0 Å². The molecule has 0 fully saturated rings. The van der Waals surface area contributed by atoms with E-state index in [4.69, 9.17) is 79.1 Å². The van der Waals surface area contributed by atoms with Crippen molar-refractivity contribution in [3.05, 3.63) is 46.5 Å². The molecule has 202 valence electrons. The number of benzene rings is 1. The third kappa shape index (κ3) is 10.0. The number of hydrogen-bond acceptors (Lipinski definition) is 10. The van der Waals surface area contributed by atoms with Crippen LogP contribution in [0.2, 0.25) is 0 Å². The van der Waals surface area contributed by atoms with Gasteiger partial charge in [-0.15, -0.1) is 0 Å². The van der Waals surface area contributed by atoms with Gasteiger partial charge in [0.25, 0.3) is 0 Å². The zero-order valence-electron chi connectivity index (χ0n) is 18.6. The van der Waals surface area contributed by atoms with E-state index in [9.17, 15) is 19.2 Å². The van der Waals surface area contributed by atoms with Crippen LogP contribution in [-0.2, 0) is 36.2 Å². The molecule has 0 atom stereocenters. The smallest absolute Gasteiger partial charge is 0.325 e. The minimum Gasteiger partial charge on any atom is -0.459 e. The van der Waals surface area contributed by atoms with Crippen LogP contribution in [0.1, 0.15) is 11.6 Å². The van der Waals surface area contributed by atoms with Crippen molar-refractivity contribution in [2.75, 3.05) is 31.2 Å². The molecule has 0 unspecified atom stereocenters. The van der Waals surface area contributed by atoms with Gasteiger partial charge in [0.1, 0.15) is 38.2 Å². The Morgan fingerprint density at radius 1 is 0.868 bits per heavy atom. The lowest BCUT2D eigenvalue weighted by atomic mass is 10.1. The highest BCUT2D eigenvalue weighted by Crippen LogP contribution is 2.41. The number of nitrogens with zero attached hydrogens (tertiary/aromatic N) is 4. The zero-order valence-corrected chi connectivity index (χ0v) is 24.7. The molecule has 0 radical (unpaired) electrons. The monoisotopic (exact) mass is 706 g/mol. The van der Waals surface area contributed by atoms with Gasteiger partial charge in [0.05, 0.1) is 0 Å². The van der Waals surface area contributed by atoms with Crippen molar-refractivity contribution in [2.24, 2.45) is 0 Å². The summed E-state index contributed by atoms with van der Waals surface area (Å²) in [5, 5.41) is 0. The van der Waals surface area contributed by atoms with E-state index in [0.29, 0.717) is 15.7 Å². The van der Waals surface area contributed by atoms with E-state index in [0.717, 1.165) is 12.2 Å². The van der Waals surface area contributed by atoms with Crippen LogP contribution in [-0.4, -0.2) is 65.1 Å². The molecule has 0 aliphatic carbocycles. The lowest BCUT2D eigenvalue weighted by molar-refractivity contribution is -0.141. The predicted octanol–water partition coefficient (Wildman–Crippen LogP) is 4.62. The summed E-state index contributed by atoms with van der Waals surface area (Å²) in [7, 11) is 0. The SMILES string of the molecule is O=C=CCOC(=O)CN(CC(=O)OCC=C=O)c1ccc(-c2nc(C(Cl)(Cl)Cl)nc(C(Cl)(Cl)Cl)n2)c(Br)c1. The van der Waals surface area contributed by atoms with E-state index in [1.165, 1.54) is 35.0 Å². The molecule has 0 N–H and O–H groups in total. The molecule has 0 amide bonds. The molecule has 0 bridgehead atoms. The molecule has 10 nitrogen and oxygen atoms in total. The number of halogens is 7. The van der Waals surface area contributed by atoms with Gasteiger partial charge < -0.3 is 14.4 Å². The molecule has 0 saturated heterocycles. The van der Waals surface area contributed by atoms with Crippen LogP contribution < -0.4 is 4.90 Å². The first-order valence-electron chi connectivity index (χ1n) is 9.91. The van der Waals surface area contributed by atoms with Gasteiger partial charge in [-0.3, -0.25) is 9.59 Å². The average Bonchev–Trinajstić information content (AvgIpc) is 2.82. The fourth-order valence-corrected chi connectivity index (χ4v) is 3.66. The van der Waals surface area contributed by atoms with Crippen molar-refractivity contribution < 1.29 is 28.7 Å². The third-order valence-corrected chi connectivity index (χ3v) is 5.83. The first-order chi connectivity index (χ1) is 17.8. The molecule has 0 saturated carbocycles. The summed E-state index contributed by atoms with van der Waals surface area (Å²) in [6, 6.07) is 4.57. The zero-order chi connectivity index (χ0) is 28.5. The lowest BCUT2D eigenvalue weighted by Gasteiger charge is -2.23. The van der Waals surface area contributed by atoms with Crippen molar-refractivity contribution in [2.45, 2.75) is 7.59 Å². The number of alkyl halides is 6. The second kappa shape index (κ2) is 14.5. The molecule has 38 heavy (non-hydrogen) atoms. The Kier molecular flexibility index (Phi) is 12.3. The van der Waals surface area contributed by atoms with Gasteiger partial charge in [-0.1, -0.05) is 69.6 Å². The number of carbonyl (C=O) groups excluding carboxylic acids is 4. The number of rotatable bonds is 10. The molecule has 2 rings (SSSR count). The molecular weight excluding hydrogens is 697 g/mol. The lowest BCUT2D eigenvalue weighted by Crippen LogP contribution is -2.36. The quantitative estimate of drug-likeness (QED) is 0.196. The molecule has 17 heteroatoms. The van der Waals surface area contributed by atoms with E-state index in [-0.39, 0.29) is 30.7 Å². The second-order valence-corrected chi connectivity index (χ2v) is 12.2. The van der Waals surface area contributed by atoms with E-state index in [1.807, 2.05) is 0 Å². The van der Waals surface area contributed by atoms with Crippen LogP contribution in [0.4, 0.5) is 5.69 Å². The molecule has 0 aliphatic heterocycles. The average molecular weight is 710 g/mol. The van der Waals surface area contributed by atoms with Gasteiger partial charge in [-0.2, -0.15) is 0 Å². The van der Waals surface area contributed by atoms with Crippen LogP contribution in [0.5, 0.6) is 0 Å². The highest BCUT2D eigenvalue weighted by molar-refractivity contribution is 9.10. The van der Waals surface area contributed by atoms with Crippen LogP contribution in [0.25, 0.3) is 11.4 Å². The summed E-state index contributed by atoms with van der Waals surface area (Å²) in [5.74, 6) is 0.824. The first kappa shape index (κ1) is 32.3. The fraction of sp³-hybridized carbons (Fsp3) is 0.286. The topological polar surface area (TPSA) is 129 Å². The Labute approximate surface area is 253 Å². The van der Waals surface area contributed by atoms with Gasteiger partial charge in [0, 0.05) is 27.9 Å². The van der Waals surface area contributed by atoms with Crippen molar-refractivity contribution in [1.29, 1.82) is 0 Å². The van der Waals surface area contributed by atoms with Crippen molar-refractivity contribution in [1.82, 2.24) is 15.0 Å². The molecule has 1 aromatic carbocycles. The number of ether oxygens (including phenoxy) is 2. The Bertz CT molecular complexity index is 1220. The van der Waals surface area contributed by atoms with Gasteiger partial charge >= 0.3 is 11.9 Å². The summed E-state index contributed by atoms with van der Waals surface area (Å²) in [5.41, 5.74) is 0.697. The second-order valence-electron chi connectivity index (χ2n) is 6.83. The number of carbonyl (C=O) groups is 2. The predicted molar refractivity (Wildman–Crippen MR) is 146 cm³/mol. The van der Waals surface area contributed by atoms with Gasteiger partial charge in [-0.25, -0.2) is 24.5 Å². The van der Waals surface area contributed by atoms with Crippen LogP contribution >= 0.6 is 85.5 Å². The number of esters is 2.